The third-order valence-corrected chi connectivity index (χ3v) is 10.4. The summed E-state index contributed by atoms with van der Waals surface area (Å²) < 4.78 is 6.24. The highest BCUT2D eigenvalue weighted by Crippen LogP contribution is 2.83. The number of piperidine rings is 2. The van der Waals surface area contributed by atoms with Crippen LogP contribution in [0.3, 0.4) is 0 Å². The zero-order chi connectivity index (χ0) is 18.6. The zero-order valence-corrected chi connectivity index (χ0v) is 17.1. The number of hydrogen-bond acceptors (Lipinski definition) is 2. The molecule has 7 aliphatic rings. The van der Waals surface area contributed by atoms with Gasteiger partial charge in [0.05, 0.1) is 6.61 Å². The number of hydrogen-bond donors (Lipinski definition) is 0. The Morgan fingerprint density at radius 2 is 2.07 bits per heavy atom. The summed E-state index contributed by atoms with van der Waals surface area (Å²) >= 11 is 0. The average molecular weight is 376 g/mol. The molecule has 28 heavy (non-hydrogen) atoms. The Bertz CT molecular complexity index is 834. The largest absolute Gasteiger partial charge is 0.377 e. The molecule has 3 saturated carbocycles. The van der Waals surface area contributed by atoms with E-state index in [9.17, 15) is 0 Å². The van der Waals surface area contributed by atoms with E-state index in [2.05, 4.69) is 54.3 Å². The van der Waals surface area contributed by atoms with Gasteiger partial charge < -0.3 is 4.74 Å². The lowest BCUT2D eigenvalue weighted by Crippen LogP contribution is -2.56. The van der Waals surface area contributed by atoms with Gasteiger partial charge in [-0.15, -0.1) is 0 Å². The van der Waals surface area contributed by atoms with E-state index >= 15 is 0 Å². The van der Waals surface area contributed by atoms with E-state index in [1.165, 1.54) is 50.6 Å². The average Bonchev–Trinajstić information content (AvgIpc) is 3.09. The number of rotatable bonds is 5. The van der Waals surface area contributed by atoms with Gasteiger partial charge in [0, 0.05) is 25.2 Å². The Labute approximate surface area is 169 Å². The molecule has 0 radical (unpaired) electrons. The van der Waals surface area contributed by atoms with Gasteiger partial charge in [-0.25, -0.2) is 0 Å². The Morgan fingerprint density at radius 1 is 1.18 bits per heavy atom. The monoisotopic (exact) mass is 375 g/mol. The van der Waals surface area contributed by atoms with Crippen molar-refractivity contribution in [3.05, 3.63) is 48.0 Å². The first kappa shape index (κ1) is 16.7. The van der Waals surface area contributed by atoms with E-state index in [0.717, 1.165) is 43.1 Å². The van der Waals surface area contributed by atoms with Crippen LogP contribution in [0.25, 0.3) is 0 Å². The predicted molar refractivity (Wildman–Crippen MR) is 111 cm³/mol. The lowest BCUT2D eigenvalue weighted by atomic mass is 9.45. The SMILES string of the molecule is C[C@@]12CCC[C@]34[C@@H]1[C@@H]1C[C@]5(CCOCc6ccccc6)[C@H](C=CC[C@H]53)[C@H]4N1C2. The van der Waals surface area contributed by atoms with Crippen molar-refractivity contribution >= 4 is 0 Å². The van der Waals surface area contributed by atoms with Crippen LogP contribution in [-0.4, -0.2) is 30.1 Å². The molecule has 3 saturated heterocycles. The molecule has 1 unspecified atom stereocenters. The number of nitrogens with zero attached hydrogens (tertiary/aromatic N) is 1. The standard InChI is InChI=1S/C26H33NO/c1-24-11-6-12-26-21-10-5-9-19-23(26)27(17-24)20(22(24)26)15-25(19,21)13-14-28-16-18-7-3-2-4-8-18/h2-5,7-9,19-23H,6,10-17H2,1H3/t19-,20+,21-,22-,23-,24+,25-,26-/m1/s1. The minimum absolute atomic E-state index is 0.538. The van der Waals surface area contributed by atoms with Crippen molar-refractivity contribution in [2.45, 2.75) is 64.1 Å². The molecule has 148 valence electrons. The van der Waals surface area contributed by atoms with Gasteiger partial charge in [0.1, 0.15) is 0 Å². The van der Waals surface area contributed by atoms with Crippen molar-refractivity contribution < 1.29 is 4.74 Å². The third-order valence-electron chi connectivity index (χ3n) is 10.4. The third kappa shape index (κ3) is 1.72. The Kier molecular flexibility index (Phi) is 3.16. The molecule has 1 aromatic rings. The van der Waals surface area contributed by atoms with E-state index in [0.29, 0.717) is 16.2 Å². The Balaban J connectivity index is 1.18. The summed E-state index contributed by atoms with van der Waals surface area (Å²) in [5, 5.41) is 0. The van der Waals surface area contributed by atoms with Crippen LogP contribution >= 0.6 is 0 Å². The first-order chi connectivity index (χ1) is 13.7. The quantitative estimate of drug-likeness (QED) is 0.527. The fourth-order valence-electron chi connectivity index (χ4n) is 10.1. The minimum Gasteiger partial charge on any atom is -0.377 e. The maximum absolute atomic E-state index is 6.24. The van der Waals surface area contributed by atoms with Crippen LogP contribution in [0.4, 0.5) is 0 Å². The van der Waals surface area contributed by atoms with Crippen molar-refractivity contribution in [1.29, 1.82) is 0 Å². The van der Waals surface area contributed by atoms with Crippen LogP contribution < -0.4 is 0 Å². The summed E-state index contributed by atoms with van der Waals surface area (Å²) in [6, 6.07) is 12.4. The topological polar surface area (TPSA) is 12.5 Å². The van der Waals surface area contributed by atoms with E-state index < -0.39 is 0 Å². The first-order valence-corrected chi connectivity index (χ1v) is 11.7. The summed E-state index contributed by atoms with van der Waals surface area (Å²) in [7, 11) is 0. The molecule has 2 heteroatoms. The summed E-state index contributed by atoms with van der Waals surface area (Å²) in [5.74, 6) is 2.72. The summed E-state index contributed by atoms with van der Waals surface area (Å²) in [6.07, 6.45) is 13.8. The smallest absolute Gasteiger partial charge is 0.0716 e. The Morgan fingerprint density at radius 3 is 2.96 bits per heavy atom. The van der Waals surface area contributed by atoms with Gasteiger partial charge in [-0.2, -0.15) is 0 Å². The number of ether oxygens (including phenoxy) is 1. The van der Waals surface area contributed by atoms with Crippen molar-refractivity contribution in [3.8, 4) is 0 Å². The maximum Gasteiger partial charge on any atom is 0.0716 e. The van der Waals surface area contributed by atoms with E-state index in [-0.39, 0.29) is 0 Å². The fraction of sp³-hybridized carbons (Fsp3) is 0.692. The van der Waals surface area contributed by atoms with Gasteiger partial charge in [-0.05, 0) is 71.7 Å². The lowest BCUT2D eigenvalue weighted by molar-refractivity contribution is -0.0924. The molecule has 4 aliphatic carbocycles. The zero-order valence-electron chi connectivity index (χ0n) is 17.1. The summed E-state index contributed by atoms with van der Waals surface area (Å²) in [6.45, 7) is 5.75. The van der Waals surface area contributed by atoms with Gasteiger partial charge in [0.2, 0.25) is 0 Å². The van der Waals surface area contributed by atoms with Gasteiger partial charge in [-0.1, -0.05) is 55.8 Å². The second-order valence-electron chi connectivity index (χ2n) is 11.2. The normalized spacial score (nSPS) is 53.9. The molecular weight excluding hydrogens is 342 g/mol. The molecule has 0 N–H and O–H groups in total. The Hall–Kier alpha value is -1.12. The van der Waals surface area contributed by atoms with Crippen LogP contribution in [0, 0.1) is 34.0 Å². The summed E-state index contributed by atoms with van der Waals surface area (Å²) in [5.41, 5.74) is 3.10. The van der Waals surface area contributed by atoms with Gasteiger partial charge >= 0.3 is 0 Å². The van der Waals surface area contributed by atoms with Crippen molar-refractivity contribution in [3.63, 3.8) is 0 Å². The molecule has 1 spiro atoms. The van der Waals surface area contributed by atoms with Crippen molar-refractivity contribution in [2.24, 2.45) is 34.0 Å². The van der Waals surface area contributed by atoms with Crippen molar-refractivity contribution in [1.82, 2.24) is 4.90 Å². The second-order valence-corrected chi connectivity index (χ2v) is 11.2. The summed E-state index contributed by atoms with van der Waals surface area (Å²) in [4.78, 5) is 3.03. The van der Waals surface area contributed by atoms with Gasteiger partial charge in [0.25, 0.3) is 0 Å². The number of allylic oxidation sites excluding steroid dienone is 1. The van der Waals surface area contributed by atoms with Crippen molar-refractivity contribution in [2.75, 3.05) is 13.2 Å². The van der Waals surface area contributed by atoms with E-state index in [1.54, 1.807) is 0 Å². The van der Waals surface area contributed by atoms with E-state index in [1.807, 2.05) is 0 Å². The van der Waals surface area contributed by atoms with E-state index in [4.69, 9.17) is 4.74 Å². The van der Waals surface area contributed by atoms with Crippen LogP contribution in [-0.2, 0) is 11.3 Å². The maximum atomic E-state index is 6.24. The molecular formula is C26H33NO. The molecule has 0 amide bonds. The van der Waals surface area contributed by atoms with Crippen LogP contribution in [0.15, 0.2) is 42.5 Å². The first-order valence-electron chi connectivity index (χ1n) is 11.7. The second kappa shape index (κ2) is 5.32. The molecule has 3 aliphatic heterocycles. The molecule has 0 aromatic heterocycles. The lowest BCUT2D eigenvalue weighted by Gasteiger charge is -2.58. The molecule has 9 atom stereocenters. The van der Waals surface area contributed by atoms with Crippen LogP contribution in [0.1, 0.15) is 51.0 Å². The molecule has 6 fully saturated rings. The van der Waals surface area contributed by atoms with Crippen LogP contribution in [0.5, 0.6) is 0 Å². The highest BCUT2D eigenvalue weighted by atomic mass is 16.5. The fourth-order valence-corrected chi connectivity index (χ4v) is 10.1. The highest BCUT2D eigenvalue weighted by molar-refractivity contribution is 5.38. The molecule has 1 aromatic carbocycles. The predicted octanol–water partition coefficient (Wildman–Crippen LogP) is 5.05. The molecule has 3 heterocycles. The number of benzene rings is 1. The van der Waals surface area contributed by atoms with Crippen LogP contribution in [0.2, 0.25) is 0 Å². The molecule has 2 nitrogen and oxygen atoms in total. The molecule has 8 bridgehead atoms. The van der Waals surface area contributed by atoms with Gasteiger partial charge in [-0.3, -0.25) is 4.90 Å². The molecule has 8 rings (SSSR count). The highest BCUT2D eigenvalue weighted by Gasteiger charge is 2.84. The minimum atomic E-state index is 0.538. The van der Waals surface area contributed by atoms with Gasteiger partial charge in [0.15, 0.2) is 0 Å².